The van der Waals surface area contributed by atoms with Gasteiger partial charge in [-0.05, 0) is 49.4 Å². The fourth-order valence-electron chi connectivity index (χ4n) is 3.93. The minimum Gasteiger partial charge on any atom is -0.550 e. The number of carboxylic acids is 2. The lowest BCUT2D eigenvalue weighted by Crippen LogP contribution is -2.26. The van der Waals surface area contributed by atoms with Gasteiger partial charge in [-0.1, -0.05) is 0 Å². The molecule has 0 amide bonds. The molecule has 16 heavy (non-hydrogen) atoms. The molecule has 0 aromatic rings. The van der Waals surface area contributed by atoms with E-state index in [-0.39, 0.29) is 35.5 Å². The summed E-state index contributed by atoms with van der Waals surface area (Å²) in [6.45, 7) is 0. The molecule has 4 nitrogen and oxygen atoms in total. The molecule has 0 spiro atoms. The van der Waals surface area contributed by atoms with E-state index in [1.807, 2.05) is 0 Å². The molecular formula is C12H14O4-2. The highest BCUT2D eigenvalue weighted by atomic mass is 16.4. The predicted molar refractivity (Wildman–Crippen MR) is 49.4 cm³/mol. The Kier molecular flexibility index (Phi) is 2.03. The first-order valence-corrected chi connectivity index (χ1v) is 6.03. The van der Waals surface area contributed by atoms with Gasteiger partial charge in [0.1, 0.15) is 0 Å². The van der Waals surface area contributed by atoms with E-state index >= 15 is 0 Å². The molecule has 0 aromatic heterocycles. The standard InChI is InChI=1S/C12H16O4/c13-11(14)9-5-1-2-6-8(4-3-7(5)9)10(6)12(15)16/h5-10H,1-4H2,(H,13,14)(H,15,16)/p-2. The zero-order valence-corrected chi connectivity index (χ0v) is 8.93. The van der Waals surface area contributed by atoms with Gasteiger partial charge in [-0.3, -0.25) is 0 Å². The van der Waals surface area contributed by atoms with Crippen LogP contribution in [0, 0.1) is 35.5 Å². The lowest BCUT2D eigenvalue weighted by Gasteiger charge is -2.04. The van der Waals surface area contributed by atoms with Gasteiger partial charge >= 0.3 is 0 Å². The van der Waals surface area contributed by atoms with E-state index in [0.717, 1.165) is 25.7 Å². The summed E-state index contributed by atoms with van der Waals surface area (Å²) in [6.07, 6.45) is 3.42. The second kappa shape index (κ2) is 3.22. The van der Waals surface area contributed by atoms with Gasteiger partial charge in [0.05, 0.1) is 0 Å². The van der Waals surface area contributed by atoms with Crippen molar-refractivity contribution in [2.24, 2.45) is 35.5 Å². The van der Waals surface area contributed by atoms with Crippen molar-refractivity contribution in [2.75, 3.05) is 0 Å². The Morgan fingerprint density at radius 2 is 0.938 bits per heavy atom. The normalized spacial score (nSPS) is 49.2. The van der Waals surface area contributed by atoms with E-state index in [9.17, 15) is 19.8 Å². The fraction of sp³-hybridized carbons (Fsp3) is 0.833. The summed E-state index contributed by atoms with van der Waals surface area (Å²) in [5.41, 5.74) is 0. The summed E-state index contributed by atoms with van der Waals surface area (Å²) in [4.78, 5) is 21.6. The zero-order chi connectivity index (χ0) is 11.4. The SMILES string of the molecule is O=C([O-])C1C2CCC3C(CCC21)C3C(=O)[O-]. The summed E-state index contributed by atoms with van der Waals surface area (Å²) in [6, 6.07) is 0. The maximum Gasteiger partial charge on any atom is 0.0451 e. The molecule has 4 unspecified atom stereocenters. The molecule has 0 aliphatic heterocycles. The zero-order valence-electron chi connectivity index (χ0n) is 8.93. The monoisotopic (exact) mass is 222 g/mol. The summed E-state index contributed by atoms with van der Waals surface area (Å²) < 4.78 is 0. The van der Waals surface area contributed by atoms with Crippen molar-refractivity contribution in [3.05, 3.63) is 0 Å². The minimum atomic E-state index is -0.915. The smallest absolute Gasteiger partial charge is 0.0451 e. The summed E-state index contributed by atoms with van der Waals surface area (Å²) >= 11 is 0. The third-order valence-electron chi connectivity index (χ3n) is 4.87. The Morgan fingerprint density at radius 3 is 1.12 bits per heavy atom. The van der Waals surface area contributed by atoms with E-state index in [0.29, 0.717) is 0 Å². The number of carbonyl (C=O) groups excluding carboxylic acids is 2. The molecule has 0 aromatic carbocycles. The van der Waals surface area contributed by atoms with Gasteiger partial charge in [0.2, 0.25) is 0 Å². The van der Waals surface area contributed by atoms with E-state index in [1.165, 1.54) is 0 Å². The number of fused-ring (bicyclic) bond motifs is 2. The highest BCUT2D eigenvalue weighted by Crippen LogP contribution is 2.61. The van der Waals surface area contributed by atoms with Crippen molar-refractivity contribution in [3.63, 3.8) is 0 Å². The molecule has 3 rings (SSSR count). The first-order chi connectivity index (χ1) is 7.61. The lowest BCUT2D eigenvalue weighted by atomic mass is 10.0. The highest BCUT2D eigenvalue weighted by molar-refractivity contribution is 5.73. The molecular weight excluding hydrogens is 208 g/mol. The van der Waals surface area contributed by atoms with Gasteiger partial charge in [-0.15, -0.1) is 0 Å². The van der Waals surface area contributed by atoms with E-state index < -0.39 is 11.9 Å². The molecule has 4 heteroatoms. The van der Waals surface area contributed by atoms with Crippen molar-refractivity contribution in [1.82, 2.24) is 0 Å². The van der Waals surface area contributed by atoms with Gasteiger partial charge < -0.3 is 19.8 Å². The molecule has 3 saturated carbocycles. The van der Waals surface area contributed by atoms with Gasteiger partial charge in [0, 0.05) is 23.8 Å². The third kappa shape index (κ3) is 1.35. The molecule has 0 bridgehead atoms. The van der Waals surface area contributed by atoms with Gasteiger partial charge in [0.25, 0.3) is 0 Å². The molecule has 88 valence electrons. The number of aliphatic carboxylic acids is 2. The first kappa shape index (κ1) is 10.1. The van der Waals surface area contributed by atoms with Crippen molar-refractivity contribution >= 4 is 11.9 Å². The predicted octanol–water partition coefficient (Wildman–Crippen LogP) is -1.22. The van der Waals surface area contributed by atoms with Crippen LogP contribution in [0.15, 0.2) is 0 Å². The van der Waals surface area contributed by atoms with Crippen LogP contribution in [0.2, 0.25) is 0 Å². The summed E-state index contributed by atoms with van der Waals surface area (Å²) in [5.74, 6) is -1.30. The molecule has 3 aliphatic rings. The topological polar surface area (TPSA) is 80.3 Å². The number of carbonyl (C=O) groups is 2. The van der Waals surface area contributed by atoms with Crippen LogP contribution in [-0.2, 0) is 9.59 Å². The molecule has 0 heterocycles. The number of rotatable bonds is 2. The average molecular weight is 222 g/mol. The van der Waals surface area contributed by atoms with Crippen LogP contribution in [0.5, 0.6) is 0 Å². The second-order valence-electron chi connectivity index (χ2n) is 5.50. The van der Waals surface area contributed by atoms with Crippen LogP contribution in [0.3, 0.4) is 0 Å². The largest absolute Gasteiger partial charge is 0.550 e. The number of carboxylic acid groups (broad SMARTS) is 2. The molecule has 4 atom stereocenters. The number of hydrogen-bond acceptors (Lipinski definition) is 4. The van der Waals surface area contributed by atoms with Crippen molar-refractivity contribution in [3.8, 4) is 0 Å². The first-order valence-electron chi connectivity index (χ1n) is 6.03. The Bertz CT molecular complexity index is 297. The van der Waals surface area contributed by atoms with Crippen LogP contribution in [0.25, 0.3) is 0 Å². The van der Waals surface area contributed by atoms with E-state index in [2.05, 4.69) is 0 Å². The Hall–Kier alpha value is -1.06. The highest BCUT2D eigenvalue weighted by Gasteiger charge is 2.57. The van der Waals surface area contributed by atoms with Crippen LogP contribution < -0.4 is 10.2 Å². The van der Waals surface area contributed by atoms with Gasteiger partial charge in [0.15, 0.2) is 0 Å². The maximum absolute atomic E-state index is 10.8. The Morgan fingerprint density at radius 1 is 0.688 bits per heavy atom. The summed E-state index contributed by atoms with van der Waals surface area (Å²) in [7, 11) is 0. The lowest BCUT2D eigenvalue weighted by molar-refractivity contribution is -0.310. The third-order valence-corrected chi connectivity index (χ3v) is 4.87. The van der Waals surface area contributed by atoms with Gasteiger partial charge in [-0.2, -0.15) is 0 Å². The molecule has 3 aliphatic carbocycles. The quantitative estimate of drug-likeness (QED) is 0.587. The van der Waals surface area contributed by atoms with Crippen LogP contribution >= 0.6 is 0 Å². The van der Waals surface area contributed by atoms with Crippen molar-refractivity contribution < 1.29 is 19.8 Å². The molecule has 0 radical (unpaired) electrons. The Labute approximate surface area is 93.6 Å². The molecule has 0 saturated heterocycles. The molecule has 0 N–H and O–H groups in total. The van der Waals surface area contributed by atoms with E-state index in [4.69, 9.17) is 0 Å². The number of hydrogen-bond donors (Lipinski definition) is 0. The van der Waals surface area contributed by atoms with Crippen LogP contribution in [0.4, 0.5) is 0 Å². The fourth-order valence-corrected chi connectivity index (χ4v) is 3.93. The van der Waals surface area contributed by atoms with E-state index in [1.54, 1.807) is 0 Å². The van der Waals surface area contributed by atoms with Crippen molar-refractivity contribution in [1.29, 1.82) is 0 Å². The van der Waals surface area contributed by atoms with Crippen molar-refractivity contribution in [2.45, 2.75) is 25.7 Å². The maximum atomic E-state index is 10.8. The molecule has 3 fully saturated rings. The minimum absolute atomic E-state index is 0.251. The summed E-state index contributed by atoms with van der Waals surface area (Å²) in [5, 5.41) is 21.6. The average Bonchev–Trinajstić information content (AvgIpc) is 3.00. The van der Waals surface area contributed by atoms with Crippen LogP contribution in [-0.4, -0.2) is 11.9 Å². The Balaban J connectivity index is 1.63. The van der Waals surface area contributed by atoms with Gasteiger partial charge in [-0.25, -0.2) is 0 Å². The second-order valence-corrected chi connectivity index (χ2v) is 5.50. The van der Waals surface area contributed by atoms with Crippen LogP contribution in [0.1, 0.15) is 25.7 Å².